The number of halogens is 3. The molecule has 6 heteroatoms. The topological polar surface area (TPSA) is 44.0 Å². The zero-order chi connectivity index (χ0) is 15.7. The quantitative estimate of drug-likeness (QED) is 0.767. The molecule has 0 fully saturated rings. The Morgan fingerprint density at radius 3 is 1.52 bits per heavy atom. The van der Waals surface area contributed by atoms with E-state index >= 15 is 0 Å². The van der Waals surface area contributed by atoms with Gasteiger partial charge in [-0.15, -0.1) is 0 Å². The van der Waals surface area contributed by atoms with Crippen LogP contribution in [-0.4, -0.2) is 5.11 Å². The number of rotatable bonds is 3. The Labute approximate surface area is 143 Å². The van der Waals surface area contributed by atoms with E-state index in [1.54, 1.807) is 0 Å². The van der Waals surface area contributed by atoms with Gasteiger partial charge in [0.05, 0.1) is 12.5 Å². The minimum absolute atomic E-state index is 0.0427. The summed E-state index contributed by atoms with van der Waals surface area (Å²) in [7, 11) is 15.0. The molecule has 0 aliphatic rings. The van der Waals surface area contributed by atoms with Crippen molar-refractivity contribution in [2.24, 2.45) is 0 Å². The van der Waals surface area contributed by atoms with E-state index < -0.39 is 23.8 Å². The van der Waals surface area contributed by atoms with E-state index in [9.17, 15) is 5.11 Å². The van der Waals surface area contributed by atoms with E-state index in [2.05, 4.69) is 6.07 Å². The van der Waals surface area contributed by atoms with Crippen LogP contribution < -0.4 is 0 Å². The van der Waals surface area contributed by atoms with E-state index in [-0.39, 0.29) is 6.42 Å². The zero-order valence-electron chi connectivity index (χ0n) is 11.0. The van der Waals surface area contributed by atoms with Gasteiger partial charge in [0.15, 0.2) is 0 Å². The maximum absolute atomic E-state index is 10.7. The van der Waals surface area contributed by atoms with Crippen molar-refractivity contribution in [2.75, 3.05) is 0 Å². The monoisotopic (exact) mass is 418 g/mol. The molecule has 0 amide bonds. The minimum atomic E-state index is -2.13. The standard InChI is InChI=1S/C15H13NO.3ClH.Zr/c16-12-11-15(17,13-7-3-1-4-8-13)14-9-5-2-6-10-14;;;;/h1-10,17H,11H2;3*1H;/q;;;;+3/p-3. The van der Waals surface area contributed by atoms with Crippen LogP contribution in [0.25, 0.3) is 0 Å². The molecule has 0 bridgehead atoms. The average molecular weight is 421 g/mol. The third kappa shape index (κ3) is 6.11. The van der Waals surface area contributed by atoms with E-state index in [0.29, 0.717) is 0 Å². The summed E-state index contributed by atoms with van der Waals surface area (Å²) in [6, 6.07) is 20.6. The van der Waals surface area contributed by atoms with Gasteiger partial charge in [-0.3, -0.25) is 0 Å². The molecular weight excluding hydrogens is 408 g/mol. The summed E-state index contributed by atoms with van der Waals surface area (Å²) in [6.07, 6.45) is 0.0427. The summed E-state index contributed by atoms with van der Waals surface area (Å²) < 4.78 is 0. The Morgan fingerprint density at radius 1 is 0.905 bits per heavy atom. The molecule has 0 aliphatic carbocycles. The summed E-state index contributed by atoms with van der Waals surface area (Å²) in [5.41, 5.74) is 0.262. The fourth-order valence-corrected chi connectivity index (χ4v) is 1.91. The number of hydrogen-bond acceptors (Lipinski definition) is 2. The zero-order valence-corrected chi connectivity index (χ0v) is 15.7. The van der Waals surface area contributed by atoms with Crippen molar-refractivity contribution in [3.05, 3.63) is 71.8 Å². The molecule has 0 aromatic heterocycles. The van der Waals surface area contributed by atoms with Gasteiger partial charge in [0.1, 0.15) is 5.60 Å². The number of nitriles is 1. The molecule has 109 valence electrons. The predicted octanol–water partition coefficient (Wildman–Crippen LogP) is 4.90. The molecule has 0 atom stereocenters. The molecular formula is C15H13Cl3NOZr. The second-order valence-corrected chi connectivity index (χ2v) is 15.3. The molecule has 0 radical (unpaired) electrons. The Kier molecular flexibility index (Phi) is 8.56. The molecule has 1 N–H and O–H groups in total. The van der Waals surface area contributed by atoms with E-state index in [1.807, 2.05) is 60.7 Å². The van der Waals surface area contributed by atoms with Crippen LogP contribution in [0.3, 0.4) is 0 Å². The number of nitrogens with zero attached hydrogens (tertiary/aromatic N) is 1. The molecule has 0 saturated heterocycles. The molecule has 0 saturated carbocycles. The molecule has 2 aromatic rings. The average Bonchev–Trinajstić information content (AvgIpc) is 2.49. The molecule has 2 nitrogen and oxygen atoms in total. The normalized spacial score (nSPS) is 10.0. The van der Waals surface area contributed by atoms with Crippen LogP contribution in [0.5, 0.6) is 0 Å². The van der Waals surface area contributed by atoms with Crippen LogP contribution in [0.2, 0.25) is 0 Å². The SMILES string of the molecule is N#CCC(O)(c1ccccc1)c1ccccc1.[Cl][Zr]([Cl])[Cl]. The molecule has 0 unspecified atom stereocenters. The second-order valence-electron chi connectivity index (χ2n) is 4.14. The molecule has 0 aliphatic heterocycles. The number of benzene rings is 2. The predicted molar refractivity (Wildman–Crippen MR) is 83.7 cm³/mol. The van der Waals surface area contributed by atoms with Crippen molar-refractivity contribution in [1.82, 2.24) is 0 Å². The van der Waals surface area contributed by atoms with Crippen LogP contribution in [0.15, 0.2) is 60.7 Å². The maximum atomic E-state index is 10.7. The first-order valence-electron chi connectivity index (χ1n) is 6.04. The molecule has 0 heterocycles. The number of aliphatic hydroxyl groups is 1. The first-order chi connectivity index (χ1) is 10.0. The van der Waals surface area contributed by atoms with Crippen LogP contribution in [-0.2, 0) is 23.8 Å². The van der Waals surface area contributed by atoms with Gasteiger partial charge in [0.25, 0.3) is 0 Å². The fourth-order valence-electron chi connectivity index (χ4n) is 1.91. The van der Waals surface area contributed by atoms with Gasteiger partial charge < -0.3 is 5.11 Å². The van der Waals surface area contributed by atoms with Crippen LogP contribution in [0.4, 0.5) is 0 Å². The Morgan fingerprint density at radius 2 is 1.24 bits per heavy atom. The Bertz CT molecular complexity index is 530. The molecule has 2 aromatic carbocycles. The van der Waals surface area contributed by atoms with Crippen molar-refractivity contribution in [3.8, 4) is 6.07 Å². The van der Waals surface area contributed by atoms with Gasteiger partial charge in [0.2, 0.25) is 0 Å². The Balaban J connectivity index is 0.000000491. The summed E-state index contributed by atoms with van der Waals surface area (Å²) in [4.78, 5) is 0. The van der Waals surface area contributed by atoms with Crippen LogP contribution in [0.1, 0.15) is 17.5 Å². The summed E-state index contributed by atoms with van der Waals surface area (Å²) >= 11 is -2.13. The van der Waals surface area contributed by atoms with Gasteiger partial charge in [-0.1, -0.05) is 60.7 Å². The van der Waals surface area contributed by atoms with Crippen molar-refractivity contribution in [2.45, 2.75) is 12.0 Å². The second kappa shape index (κ2) is 9.62. The van der Waals surface area contributed by atoms with Gasteiger partial charge >= 0.3 is 43.7 Å². The number of hydrogen-bond donors (Lipinski definition) is 1. The van der Waals surface area contributed by atoms with Crippen molar-refractivity contribution < 1.29 is 23.3 Å². The first kappa shape index (κ1) is 18.7. The summed E-state index contributed by atoms with van der Waals surface area (Å²) in [5, 5.41) is 19.6. The summed E-state index contributed by atoms with van der Waals surface area (Å²) in [6.45, 7) is 0. The van der Waals surface area contributed by atoms with Gasteiger partial charge in [-0.2, -0.15) is 5.26 Å². The van der Waals surface area contributed by atoms with Gasteiger partial charge in [-0.25, -0.2) is 0 Å². The first-order valence-corrected chi connectivity index (χ1v) is 15.5. The van der Waals surface area contributed by atoms with Crippen molar-refractivity contribution in [3.63, 3.8) is 0 Å². The Hall–Kier alpha value is -0.357. The third-order valence-electron chi connectivity index (χ3n) is 2.84. The van der Waals surface area contributed by atoms with Gasteiger partial charge in [0, 0.05) is 0 Å². The van der Waals surface area contributed by atoms with Crippen molar-refractivity contribution in [1.29, 1.82) is 5.26 Å². The molecule has 21 heavy (non-hydrogen) atoms. The van der Waals surface area contributed by atoms with Crippen LogP contribution in [0, 0.1) is 11.3 Å². The van der Waals surface area contributed by atoms with Crippen molar-refractivity contribution >= 4 is 25.5 Å². The van der Waals surface area contributed by atoms with E-state index in [4.69, 9.17) is 30.8 Å². The van der Waals surface area contributed by atoms with E-state index in [0.717, 1.165) is 11.1 Å². The molecule has 0 spiro atoms. The third-order valence-corrected chi connectivity index (χ3v) is 2.84. The van der Waals surface area contributed by atoms with Gasteiger partial charge in [-0.05, 0) is 11.1 Å². The fraction of sp³-hybridized carbons (Fsp3) is 0.133. The van der Waals surface area contributed by atoms with Crippen LogP contribution >= 0.6 is 25.5 Å². The summed E-state index contributed by atoms with van der Waals surface area (Å²) in [5.74, 6) is 0. The van der Waals surface area contributed by atoms with E-state index in [1.165, 1.54) is 0 Å². The molecule has 2 rings (SSSR count).